The van der Waals surface area contributed by atoms with Crippen molar-refractivity contribution in [3.8, 4) is 0 Å². The summed E-state index contributed by atoms with van der Waals surface area (Å²) in [5.74, 6) is -1.68. The molecule has 0 spiro atoms. The maximum atomic E-state index is 11.5. The lowest BCUT2D eigenvalue weighted by molar-refractivity contribution is -0.198. The zero-order chi connectivity index (χ0) is 25.9. The Hall–Kier alpha value is -1.63. The van der Waals surface area contributed by atoms with Gasteiger partial charge in [-0.1, -0.05) is 27.7 Å². The van der Waals surface area contributed by atoms with Crippen molar-refractivity contribution >= 4 is 17.8 Å². The van der Waals surface area contributed by atoms with Crippen molar-refractivity contribution in [2.45, 2.75) is 59.8 Å². The molecular weight excluding hydrogens is 450 g/mol. The highest BCUT2D eigenvalue weighted by Crippen LogP contribution is 2.12. The Morgan fingerprint density at radius 1 is 0.706 bits per heavy atom. The van der Waals surface area contributed by atoms with Crippen LogP contribution in [-0.2, 0) is 42.9 Å². The number of aliphatic hydroxyl groups is 1. The second-order valence-corrected chi connectivity index (χ2v) is 6.58. The van der Waals surface area contributed by atoms with Gasteiger partial charge < -0.3 is 33.6 Å². The minimum atomic E-state index is -0.683. The molecule has 0 aromatic rings. The van der Waals surface area contributed by atoms with Gasteiger partial charge in [0.2, 0.25) is 0 Å². The molecule has 1 fully saturated rings. The summed E-state index contributed by atoms with van der Waals surface area (Å²) >= 11 is 0. The summed E-state index contributed by atoms with van der Waals surface area (Å²) in [6.07, 6.45) is 1.98. The average molecular weight is 496 g/mol. The van der Waals surface area contributed by atoms with Crippen LogP contribution in [0.25, 0.3) is 0 Å². The standard InChI is InChI=1S/C18H31NO9.C3H8O.C2H6/c1-2-6-23-8-10-25-12-14-27-15-13-26-11-9-24-7-5-18(22)28-19-16(20)3-4-17(19)21;1-2-3-4;1-2/h2-15H2,1H3;4H,2-3H2,1H3;1-2H3. The number of hydrogen-bond acceptors (Lipinski definition) is 10. The van der Waals surface area contributed by atoms with Gasteiger partial charge in [-0.3, -0.25) is 9.59 Å². The van der Waals surface area contributed by atoms with Crippen LogP contribution < -0.4 is 0 Å². The Morgan fingerprint density at radius 2 is 1.06 bits per heavy atom. The fourth-order valence-corrected chi connectivity index (χ4v) is 2.09. The van der Waals surface area contributed by atoms with Gasteiger partial charge in [-0.2, -0.15) is 0 Å². The Morgan fingerprint density at radius 3 is 1.41 bits per heavy atom. The lowest BCUT2D eigenvalue weighted by Crippen LogP contribution is -2.32. The van der Waals surface area contributed by atoms with Crippen molar-refractivity contribution in [1.82, 2.24) is 5.06 Å². The van der Waals surface area contributed by atoms with Gasteiger partial charge in [-0.05, 0) is 12.8 Å². The number of rotatable bonds is 19. The molecule has 1 saturated heterocycles. The predicted molar refractivity (Wildman–Crippen MR) is 125 cm³/mol. The molecule has 202 valence electrons. The molecule has 0 bridgehead atoms. The number of ether oxygens (including phenoxy) is 5. The Kier molecular flexibility index (Phi) is 28.0. The topological polar surface area (TPSA) is 130 Å². The Bertz CT molecular complexity index is 472. The van der Waals surface area contributed by atoms with Crippen molar-refractivity contribution in [1.29, 1.82) is 0 Å². The number of hydroxylamine groups is 2. The molecule has 0 aliphatic carbocycles. The maximum absolute atomic E-state index is 11.5. The molecule has 1 rings (SSSR count). The van der Waals surface area contributed by atoms with E-state index in [2.05, 4.69) is 6.92 Å². The highest BCUT2D eigenvalue weighted by Gasteiger charge is 2.32. The van der Waals surface area contributed by atoms with Crippen LogP contribution in [0.2, 0.25) is 0 Å². The van der Waals surface area contributed by atoms with Crippen LogP contribution in [0.5, 0.6) is 0 Å². The Labute approximate surface area is 203 Å². The summed E-state index contributed by atoms with van der Waals surface area (Å²) in [7, 11) is 0. The molecule has 0 atom stereocenters. The number of aliphatic hydroxyl groups excluding tert-OH is 1. The molecule has 1 aliphatic heterocycles. The van der Waals surface area contributed by atoms with Gasteiger partial charge >= 0.3 is 5.97 Å². The van der Waals surface area contributed by atoms with E-state index in [-0.39, 0.29) is 25.9 Å². The number of nitrogens with zero attached hydrogens (tertiary/aromatic N) is 1. The zero-order valence-corrected chi connectivity index (χ0v) is 21.4. The van der Waals surface area contributed by atoms with E-state index in [9.17, 15) is 14.4 Å². The van der Waals surface area contributed by atoms with Crippen LogP contribution in [0.15, 0.2) is 0 Å². The average Bonchev–Trinajstić information content (AvgIpc) is 3.17. The van der Waals surface area contributed by atoms with Gasteiger partial charge in [0, 0.05) is 26.1 Å². The quantitative estimate of drug-likeness (QED) is 0.209. The van der Waals surface area contributed by atoms with E-state index >= 15 is 0 Å². The number of amides is 2. The van der Waals surface area contributed by atoms with Gasteiger partial charge in [-0.15, -0.1) is 5.06 Å². The highest BCUT2D eigenvalue weighted by atomic mass is 16.7. The summed E-state index contributed by atoms with van der Waals surface area (Å²) in [4.78, 5) is 38.8. The molecule has 11 nitrogen and oxygen atoms in total. The normalized spacial score (nSPS) is 12.7. The lowest BCUT2D eigenvalue weighted by Gasteiger charge is -2.12. The van der Waals surface area contributed by atoms with Crippen LogP contribution >= 0.6 is 0 Å². The van der Waals surface area contributed by atoms with Gasteiger partial charge in [0.1, 0.15) is 0 Å². The first-order valence-electron chi connectivity index (χ1n) is 12.1. The van der Waals surface area contributed by atoms with E-state index in [4.69, 9.17) is 33.6 Å². The van der Waals surface area contributed by atoms with Crippen molar-refractivity contribution in [2.75, 3.05) is 72.7 Å². The number of carbonyl (C=O) groups is 3. The lowest BCUT2D eigenvalue weighted by atomic mass is 10.4. The second kappa shape index (κ2) is 27.6. The minimum absolute atomic E-state index is 0.0519. The molecule has 1 N–H and O–H groups in total. The molecular formula is C23H45NO10. The van der Waals surface area contributed by atoms with E-state index in [0.717, 1.165) is 19.4 Å². The second-order valence-electron chi connectivity index (χ2n) is 6.58. The number of imide groups is 1. The summed E-state index contributed by atoms with van der Waals surface area (Å²) in [5, 5.41) is 8.40. The van der Waals surface area contributed by atoms with E-state index in [1.807, 2.05) is 20.8 Å². The van der Waals surface area contributed by atoms with Crippen molar-refractivity contribution in [3.63, 3.8) is 0 Å². The van der Waals surface area contributed by atoms with Gasteiger partial charge in [-0.25, -0.2) is 4.79 Å². The molecule has 0 radical (unpaired) electrons. The fourth-order valence-electron chi connectivity index (χ4n) is 2.09. The van der Waals surface area contributed by atoms with Gasteiger partial charge in [0.25, 0.3) is 11.8 Å². The molecule has 11 heteroatoms. The molecule has 1 aliphatic rings. The third-order valence-corrected chi connectivity index (χ3v) is 3.71. The Balaban J connectivity index is 0. The molecule has 0 saturated carbocycles. The number of hydrogen-bond donors (Lipinski definition) is 1. The van der Waals surface area contributed by atoms with Crippen LogP contribution in [0.4, 0.5) is 0 Å². The molecule has 0 aromatic carbocycles. The number of carbonyl (C=O) groups excluding carboxylic acids is 3. The van der Waals surface area contributed by atoms with Crippen molar-refractivity contribution in [2.24, 2.45) is 0 Å². The van der Waals surface area contributed by atoms with E-state index < -0.39 is 17.8 Å². The summed E-state index contributed by atoms with van der Waals surface area (Å²) in [6.45, 7) is 12.9. The summed E-state index contributed by atoms with van der Waals surface area (Å²) in [6, 6.07) is 0. The third kappa shape index (κ3) is 22.2. The summed E-state index contributed by atoms with van der Waals surface area (Å²) < 4.78 is 26.5. The van der Waals surface area contributed by atoms with Crippen LogP contribution in [0.1, 0.15) is 59.8 Å². The largest absolute Gasteiger partial charge is 0.396 e. The molecule has 1 heterocycles. The van der Waals surface area contributed by atoms with Crippen molar-refractivity contribution < 1.29 is 48.0 Å². The van der Waals surface area contributed by atoms with Crippen LogP contribution in [-0.4, -0.2) is 101 Å². The first-order valence-corrected chi connectivity index (χ1v) is 12.1. The highest BCUT2D eigenvalue weighted by molar-refractivity contribution is 6.01. The van der Waals surface area contributed by atoms with Gasteiger partial charge in [0.15, 0.2) is 0 Å². The van der Waals surface area contributed by atoms with Crippen molar-refractivity contribution in [3.05, 3.63) is 0 Å². The van der Waals surface area contributed by atoms with E-state index in [1.165, 1.54) is 0 Å². The van der Waals surface area contributed by atoms with E-state index in [1.54, 1.807) is 0 Å². The summed E-state index contributed by atoms with van der Waals surface area (Å²) in [5.41, 5.74) is 0. The maximum Gasteiger partial charge on any atom is 0.335 e. The molecule has 34 heavy (non-hydrogen) atoms. The fraction of sp³-hybridized carbons (Fsp3) is 0.870. The predicted octanol–water partition coefficient (Wildman–Crippen LogP) is 1.89. The molecule has 0 aromatic heterocycles. The zero-order valence-electron chi connectivity index (χ0n) is 21.4. The van der Waals surface area contributed by atoms with Crippen LogP contribution in [0.3, 0.4) is 0 Å². The smallest absolute Gasteiger partial charge is 0.335 e. The molecule has 2 amide bonds. The van der Waals surface area contributed by atoms with E-state index in [0.29, 0.717) is 64.5 Å². The monoisotopic (exact) mass is 495 g/mol. The first kappa shape index (κ1) is 34.5. The molecule has 0 unspecified atom stereocenters. The first-order chi connectivity index (χ1) is 16.6. The van der Waals surface area contributed by atoms with Crippen LogP contribution in [0, 0.1) is 0 Å². The minimum Gasteiger partial charge on any atom is -0.396 e. The SMILES string of the molecule is CC.CCCO.CCCOCCOCCOCCOCCOCCC(=O)ON1C(=O)CCC1=O. The third-order valence-electron chi connectivity index (χ3n) is 3.71. The van der Waals surface area contributed by atoms with Gasteiger partial charge in [0.05, 0.1) is 65.9 Å².